The molecule has 0 spiro atoms. The second-order valence-corrected chi connectivity index (χ2v) is 4.70. The summed E-state index contributed by atoms with van der Waals surface area (Å²) in [5, 5.41) is 10.1. The maximum Gasteiger partial charge on any atom is 0.228 e. The first kappa shape index (κ1) is 12.5. The number of benzene rings is 2. The van der Waals surface area contributed by atoms with E-state index in [4.69, 9.17) is 21.3 Å². The molecule has 0 amide bonds. The van der Waals surface area contributed by atoms with Gasteiger partial charge in [0, 0.05) is 10.9 Å². The summed E-state index contributed by atoms with van der Waals surface area (Å²) in [6.07, 6.45) is 0. The summed E-state index contributed by atoms with van der Waals surface area (Å²) in [5.74, 6) is -0.0578. The van der Waals surface area contributed by atoms with Gasteiger partial charge in [0.15, 0.2) is 11.3 Å². The Kier molecular flexibility index (Phi) is 3.02. The third kappa shape index (κ3) is 2.07. The predicted molar refractivity (Wildman–Crippen MR) is 75.8 cm³/mol. The Morgan fingerprint density at radius 1 is 1.15 bits per heavy atom. The summed E-state index contributed by atoms with van der Waals surface area (Å²) in [6, 6.07) is 15.5. The summed E-state index contributed by atoms with van der Waals surface area (Å²) in [6.45, 7) is 0. The Hall–Kier alpha value is -2.57. The van der Waals surface area contributed by atoms with Crippen molar-refractivity contribution < 1.29 is 9.21 Å². The highest BCUT2D eigenvalue weighted by Gasteiger charge is 2.16. The maximum absolute atomic E-state index is 12.3. The van der Waals surface area contributed by atoms with Gasteiger partial charge in [0.2, 0.25) is 5.78 Å². The molecule has 0 atom stereocenters. The minimum absolute atomic E-state index is 0.211. The molecule has 0 bridgehead atoms. The van der Waals surface area contributed by atoms with Crippen molar-refractivity contribution in [3.8, 4) is 6.07 Å². The molecule has 0 N–H and O–H groups in total. The van der Waals surface area contributed by atoms with Crippen LogP contribution in [0.1, 0.15) is 21.7 Å². The van der Waals surface area contributed by atoms with E-state index in [1.54, 1.807) is 36.4 Å². The van der Waals surface area contributed by atoms with Crippen molar-refractivity contribution >= 4 is 28.4 Å². The molecule has 0 saturated heterocycles. The van der Waals surface area contributed by atoms with E-state index in [-0.39, 0.29) is 11.5 Å². The Morgan fingerprint density at radius 2 is 1.95 bits per heavy atom. The van der Waals surface area contributed by atoms with Gasteiger partial charge in [0.05, 0.1) is 16.7 Å². The van der Waals surface area contributed by atoms with Gasteiger partial charge in [-0.15, -0.1) is 0 Å². The zero-order valence-corrected chi connectivity index (χ0v) is 11.0. The number of nitrogens with zero attached hydrogens (tertiary/aromatic N) is 1. The van der Waals surface area contributed by atoms with Crippen molar-refractivity contribution in [1.82, 2.24) is 0 Å². The number of nitriles is 1. The highest BCUT2D eigenvalue weighted by Crippen LogP contribution is 2.27. The molecular weight excluding hydrogens is 274 g/mol. The summed E-state index contributed by atoms with van der Waals surface area (Å²) in [7, 11) is 0. The van der Waals surface area contributed by atoms with Crippen molar-refractivity contribution in [1.29, 1.82) is 5.26 Å². The van der Waals surface area contributed by atoms with Crippen molar-refractivity contribution in [2.45, 2.75) is 0 Å². The van der Waals surface area contributed by atoms with Crippen LogP contribution in [0.4, 0.5) is 0 Å². The first-order valence-electron chi connectivity index (χ1n) is 5.92. The molecule has 3 rings (SSSR count). The van der Waals surface area contributed by atoms with E-state index in [0.29, 0.717) is 21.7 Å². The van der Waals surface area contributed by atoms with Crippen LogP contribution in [-0.4, -0.2) is 5.78 Å². The normalized spacial score (nSPS) is 10.4. The fourth-order valence-electron chi connectivity index (χ4n) is 2.01. The van der Waals surface area contributed by atoms with Gasteiger partial charge in [-0.25, -0.2) is 0 Å². The largest absolute Gasteiger partial charge is 0.451 e. The highest BCUT2D eigenvalue weighted by molar-refractivity contribution is 6.35. The van der Waals surface area contributed by atoms with Crippen LogP contribution in [0.5, 0.6) is 0 Å². The number of halogens is 1. The molecule has 0 unspecified atom stereocenters. The molecule has 0 aliphatic heterocycles. The van der Waals surface area contributed by atoms with Crippen LogP contribution >= 0.6 is 11.6 Å². The molecule has 3 nitrogen and oxygen atoms in total. The van der Waals surface area contributed by atoms with Crippen LogP contribution in [-0.2, 0) is 0 Å². The molecule has 20 heavy (non-hydrogen) atoms. The van der Waals surface area contributed by atoms with Gasteiger partial charge in [0.1, 0.15) is 0 Å². The van der Waals surface area contributed by atoms with Gasteiger partial charge in [0.25, 0.3) is 0 Å². The number of hydrogen-bond acceptors (Lipinski definition) is 3. The third-order valence-corrected chi connectivity index (χ3v) is 3.27. The van der Waals surface area contributed by atoms with E-state index >= 15 is 0 Å². The second-order valence-electron chi connectivity index (χ2n) is 4.29. The molecule has 0 aliphatic carbocycles. The minimum atomic E-state index is -0.269. The minimum Gasteiger partial charge on any atom is -0.451 e. The van der Waals surface area contributed by atoms with Crippen molar-refractivity contribution in [2.75, 3.05) is 0 Å². The molecular formula is C16H8ClNO2. The van der Waals surface area contributed by atoms with E-state index < -0.39 is 0 Å². The van der Waals surface area contributed by atoms with E-state index in [9.17, 15) is 4.79 Å². The Balaban J connectivity index is 2.08. The molecule has 0 fully saturated rings. The molecule has 1 aromatic heterocycles. The fourth-order valence-corrected chi connectivity index (χ4v) is 2.23. The zero-order chi connectivity index (χ0) is 14.1. The molecule has 3 aromatic rings. The van der Waals surface area contributed by atoms with E-state index in [1.807, 2.05) is 12.1 Å². The van der Waals surface area contributed by atoms with Gasteiger partial charge in [-0.05, 0) is 24.3 Å². The Morgan fingerprint density at radius 3 is 2.70 bits per heavy atom. The smallest absolute Gasteiger partial charge is 0.228 e. The Labute approximate surface area is 120 Å². The fraction of sp³-hybridized carbons (Fsp3) is 0. The molecule has 96 valence electrons. The zero-order valence-electron chi connectivity index (χ0n) is 10.3. The van der Waals surface area contributed by atoms with E-state index in [2.05, 4.69) is 0 Å². The number of para-hydroxylation sites is 1. The van der Waals surface area contributed by atoms with Crippen molar-refractivity contribution in [3.63, 3.8) is 0 Å². The molecule has 0 saturated carbocycles. The number of carbonyl (C=O) groups excluding carboxylic acids is 1. The summed E-state index contributed by atoms with van der Waals surface area (Å²) < 4.78 is 5.52. The lowest BCUT2D eigenvalue weighted by atomic mass is 10.1. The van der Waals surface area contributed by atoms with E-state index in [1.165, 1.54) is 6.07 Å². The molecule has 1 heterocycles. The van der Waals surface area contributed by atoms with Gasteiger partial charge < -0.3 is 4.42 Å². The number of ketones is 1. The molecule has 2 aromatic carbocycles. The van der Waals surface area contributed by atoms with E-state index in [0.717, 1.165) is 5.39 Å². The van der Waals surface area contributed by atoms with Crippen LogP contribution < -0.4 is 0 Å². The number of fused-ring (bicyclic) bond motifs is 1. The number of hydrogen-bond donors (Lipinski definition) is 0. The van der Waals surface area contributed by atoms with Gasteiger partial charge in [-0.3, -0.25) is 4.79 Å². The number of carbonyl (C=O) groups is 1. The first-order valence-corrected chi connectivity index (χ1v) is 6.30. The molecule has 0 radical (unpaired) electrons. The van der Waals surface area contributed by atoms with Gasteiger partial charge in [-0.1, -0.05) is 35.9 Å². The molecule has 0 aliphatic rings. The highest BCUT2D eigenvalue weighted by atomic mass is 35.5. The summed E-state index contributed by atoms with van der Waals surface area (Å²) in [4.78, 5) is 12.3. The van der Waals surface area contributed by atoms with Crippen LogP contribution in [0, 0.1) is 11.3 Å². The van der Waals surface area contributed by atoms with Crippen LogP contribution in [0.2, 0.25) is 5.02 Å². The van der Waals surface area contributed by atoms with Crippen LogP contribution in [0.3, 0.4) is 0 Å². The lowest BCUT2D eigenvalue weighted by Crippen LogP contribution is -1.99. The van der Waals surface area contributed by atoms with Crippen LogP contribution in [0.25, 0.3) is 11.0 Å². The topological polar surface area (TPSA) is 54.0 Å². The summed E-state index contributed by atoms with van der Waals surface area (Å²) >= 11 is 6.02. The van der Waals surface area contributed by atoms with Crippen molar-refractivity contribution in [3.05, 3.63) is 70.4 Å². The maximum atomic E-state index is 12.3. The summed E-state index contributed by atoms with van der Waals surface area (Å²) in [5.41, 5.74) is 1.35. The van der Waals surface area contributed by atoms with Crippen molar-refractivity contribution in [2.24, 2.45) is 0 Å². The molecule has 4 heteroatoms. The third-order valence-electron chi connectivity index (χ3n) is 2.97. The SMILES string of the molecule is N#Cc1cccc(C(=O)c2cc3cccc(Cl)c3o2)c1. The quantitative estimate of drug-likeness (QED) is 0.662. The lowest BCUT2D eigenvalue weighted by molar-refractivity contribution is 0.101. The average molecular weight is 282 g/mol. The monoisotopic (exact) mass is 281 g/mol. The van der Waals surface area contributed by atoms with Gasteiger partial charge in [-0.2, -0.15) is 5.26 Å². The average Bonchev–Trinajstić information content (AvgIpc) is 2.92. The van der Waals surface area contributed by atoms with Gasteiger partial charge >= 0.3 is 0 Å². The number of furan rings is 1. The van der Waals surface area contributed by atoms with Crippen LogP contribution in [0.15, 0.2) is 52.9 Å². The number of rotatable bonds is 2. The second kappa shape index (κ2) is 4.84. The first-order chi connectivity index (χ1) is 9.69. The lowest BCUT2D eigenvalue weighted by Gasteiger charge is -1.97. The predicted octanol–water partition coefficient (Wildman–Crippen LogP) is 4.19. The standard InChI is InChI=1S/C16H8ClNO2/c17-13-6-2-5-12-8-14(20-16(12)13)15(19)11-4-1-3-10(7-11)9-18/h1-8H. The Bertz CT molecular complexity index is 858.